The zero-order chi connectivity index (χ0) is 23.3. The van der Waals surface area contributed by atoms with Crippen LogP contribution in [-0.2, 0) is 25.7 Å². The topological polar surface area (TPSA) is 88.5 Å². The summed E-state index contributed by atoms with van der Waals surface area (Å²) in [6, 6.07) is 8.12. The van der Waals surface area contributed by atoms with Crippen LogP contribution in [0.3, 0.4) is 0 Å². The molecular formula is C21H27F3N2O6. The van der Waals surface area contributed by atoms with Crippen molar-refractivity contribution in [1.29, 1.82) is 0 Å². The van der Waals surface area contributed by atoms with Gasteiger partial charge in [-0.05, 0) is 30.5 Å². The van der Waals surface area contributed by atoms with Gasteiger partial charge in [-0.15, -0.1) is 0 Å². The van der Waals surface area contributed by atoms with Gasteiger partial charge in [0.05, 0.1) is 32.3 Å². The lowest BCUT2D eigenvalue weighted by molar-refractivity contribution is -0.192. The van der Waals surface area contributed by atoms with Gasteiger partial charge < -0.3 is 14.6 Å². The number of nitrogens with zero attached hydrogens (tertiary/aromatic N) is 2. The molecule has 1 aromatic carbocycles. The summed E-state index contributed by atoms with van der Waals surface area (Å²) in [4.78, 5) is 29.7. The fourth-order valence-electron chi connectivity index (χ4n) is 4.28. The number of hydrogen-bond acceptors (Lipinski definition) is 6. The second kappa shape index (κ2) is 10.5. The Hall–Kier alpha value is -2.37. The highest BCUT2D eigenvalue weighted by Crippen LogP contribution is 2.36. The smallest absolute Gasteiger partial charge is 0.490 e. The highest BCUT2D eigenvalue weighted by molar-refractivity contribution is 5.79. The molecule has 3 aliphatic heterocycles. The van der Waals surface area contributed by atoms with E-state index in [1.54, 1.807) is 12.2 Å². The minimum atomic E-state index is -5.08. The molecule has 0 spiro atoms. The second-order valence-electron chi connectivity index (χ2n) is 7.94. The number of rotatable bonds is 4. The number of alkyl halides is 3. The van der Waals surface area contributed by atoms with Crippen molar-refractivity contribution in [3.05, 3.63) is 29.8 Å². The molecule has 3 aliphatic rings. The Labute approximate surface area is 183 Å². The monoisotopic (exact) mass is 460 g/mol. The van der Waals surface area contributed by atoms with E-state index in [1.807, 2.05) is 12.1 Å². The molecule has 3 fully saturated rings. The summed E-state index contributed by atoms with van der Waals surface area (Å²) in [5.74, 6) is -1.48. The molecule has 1 N–H and O–H groups in total. The summed E-state index contributed by atoms with van der Waals surface area (Å²) in [6.07, 6.45) is -3.03. The van der Waals surface area contributed by atoms with Crippen molar-refractivity contribution in [3.63, 3.8) is 0 Å². The van der Waals surface area contributed by atoms with Crippen LogP contribution in [0.4, 0.5) is 13.2 Å². The molecule has 0 unspecified atom stereocenters. The zero-order valence-electron chi connectivity index (χ0n) is 17.7. The average molecular weight is 460 g/mol. The van der Waals surface area contributed by atoms with Crippen LogP contribution >= 0.6 is 0 Å². The van der Waals surface area contributed by atoms with Crippen LogP contribution in [-0.4, -0.2) is 79.2 Å². The number of hydroxylamine groups is 2. The molecule has 11 heteroatoms. The minimum absolute atomic E-state index is 0.0371. The molecule has 8 nitrogen and oxygen atoms in total. The summed E-state index contributed by atoms with van der Waals surface area (Å²) < 4.78 is 43.0. The molecular weight excluding hydrogens is 433 g/mol. The first-order valence-electron chi connectivity index (χ1n) is 10.4. The number of likely N-dealkylation sites (tertiary alicyclic amines) is 1. The molecule has 0 aliphatic carbocycles. The van der Waals surface area contributed by atoms with Crippen LogP contribution in [0.25, 0.3) is 0 Å². The number of methoxy groups -OCH3 is 1. The lowest BCUT2D eigenvalue weighted by Gasteiger charge is -2.40. The summed E-state index contributed by atoms with van der Waals surface area (Å²) in [5.41, 5.74) is 1.19. The van der Waals surface area contributed by atoms with Gasteiger partial charge in [0.15, 0.2) is 0 Å². The van der Waals surface area contributed by atoms with Gasteiger partial charge in [-0.1, -0.05) is 12.1 Å². The highest BCUT2D eigenvalue weighted by atomic mass is 19.4. The SMILES string of the molecule is COc1cccc(CN2C[C@H](C(=O)N3CCCO3)[C@@H]3CCO[C@@H]3C2)c1.O=C(O)C(F)(F)F. The summed E-state index contributed by atoms with van der Waals surface area (Å²) in [6.45, 7) is 4.56. The number of carbonyl (C=O) groups excluding carboxylic acids is 1. The number of benzene rings is 1. The summed E-state index contributed by atoms with van der Waals surface area (Å²) in [7, 11) is 1.68. The Morgan fingerprint density at radius 3 is 2.62 bits per heavy atom. The van der Waals surface area contributed by atoms with E-state index in [0.717, 1.165) is 44.8 Å². The van der Waals surface area contributed by atoms with Crippen LogP contribution in [0.1, 0.15) is 18.4 Å². The van der Waals surface area contributed by atoms with E-state index in [1.165, 1.54) is 5.56 Å². The van der Waals surface area contributed by atoms with Crippen molar-refractivity contribution >= 4 is 11.9 Å². The van der Waals surface area contributed by atoms with Crippen LogP contribution in [0, 0.1) is 11.8 Å². The average Bonchev–Trinajstić information content (AvgIpc) is 3.44. The number of carbonyl (C=O) groups is 2. The molecule has 3 atom stereocenters. The number of carboxylic acid groups (broad SMARTS) is 1. The Kier molecular flexibility index (Phi) is 7.96. The number of carboxylic acids is 1. The Morgan fingerprint density at radius 2 is 2.00 bits per heavy atom. The van der Waals surface area contributed by atoms with Crippen LogP contribution in [0.2, 0.25) is 0 Å². The van der Waals surface area contributed by atoms with E-state index in [-0.39, 0.29) is 17.9 Å². The molecule has 1 amide bonds. The standard InChI is InChI=1S/C19H26N2O4.C2HF3O2/c1-23-15-5-2-4-14(10-15)11-20-12-17(16-6-9-24-18(16)13-20)19(22)21-7-3-8-25-21;3-2(4,5)1(6)7/h2,4-5,10,16-18H,3,6-9,11-13H2,1H3;(H,6,7)/t16-,17-,18+;/m0./s1. The first-order chi connectivity index (χ1) is 15.2. The van der Waals surface area contributed by atoms with Crippen molar-refractivity contribution in [1.82, 2.24) is 9.96 Å². The number of aliphatic carboxylic acids is 1. The molecule has 1 aromatic rings. The fraction of sp³-hybridized carbons (Fsp3) is 0.619. The summed E-state index contributed by atoms with van der Waals surface area (Å²) >= 11 is 0. The molecule has 0 saturated carbocycles. The van der Waals surface area contributed by atoms with E-state index in [9.17, 15) is 18.0 Å². The van der Waals surface area contributed by atoms with Crippen molar-refractivity contribution < 1.29 is 42.2 Å². The maximum Gasteiger partial charge on any atom is 0.490 e. The molecule has 3 heterocycles. The van der Waals surface area contributed by atoms with Gasteiger partial charge >= 0.3 is 12.1 Å². The largest absolute Gasteiger partial charge is 0.497 e. The molecule has 3 saturated heterocycles. The van der Waals surface area contributed by atoms with Crippen molar-refractivity contribution in [3.8, 4) is 5.75 Å². The van der Waals surface area contributed by atoms with E-state index < -0.39 is 12.1 Å². The molecule has 32 heavy (non-hydrogen) atoms. The predicted octanol–water partition coefficient (Wildman–Crippen LogP) is 2.33. The molecule has 0 bridgehead atoms. The second-order valence-corrected chi connectivity index (χ2v) is 7.94. The van der Waals surface area contributed by atoms with Crippen LogP contribution in [0.5, 0.6) is 5.75 Å². The number of halogens is 3. The van der Waals surface area contributed by atoms with Gasteiger partial charge in [-0.25, -0.2) is 9.86 Å². The molecule has 178 valence electrons. The highest BCUT2D eigenvalue weighted by Gasteiger charge is 2.45. The van der Waals surface area contributed by atoms with Crippen molar-refractivity contribution in [2.45, 2.75) is 31.7 Å². The third kappa shape index (κ3) is 6.11. The van der Waals surface area contributed by atoms with Gasteiger partial charge in [0.25, 0.3) is 5.91 Å². The zero-order valence-corrected chi connectivity index (χ0v) is 17.7. The fourth-order valence-corrected chi connectivity index (χ4v) is 4.28. The van der Waals surface area contributed by atoms with Gasteiger partial charge in [0.1, 0.15) is 5.75 Å². The Balaban J connectivity index is 0.000000360. The Bertz CT molecular complexity index is 800. The van der Waals surface area contributed by atoms with Crippen molar-refractivity contribution in [2.24, 2.45) is 11.8 Å². The maximum atomic E-state index is 12.9. The number of amides is 1. The van der Waals surface area contributed by atoms with Gasteiger partial charge in [-0.3, -0.25) is 14.5 Å². The van der Waals surface area contributed by atoms with E-state index in [2.05, 4.69) is 17.0 Å². The quantitative estimate of drug-likeness (QED) is 0.738. The molecule has 0 radical (unpaired) electrons. The maximum absolute atomic E-state index is 12.9. The first kappa shape index (κ1) is 24.3. The number of ether oxygens (including phenoxy) is 2. The van der Waals surface area contributed by atoms with Gasteiger partial charge in [0, 0.05) is 32.2 Å². The predicted molar refractivity (Wildman–Crippen MR) is 106 cm³/mol. The molecule has 0 aromatic heterocycles. The Morgan fingerprint density at radius 1 is 1.25 bits per heavy atom. The van der Waals surface area contributed by atoms with Gasteiger partial charge in [-0.2, -0.15) is 13.2 Å². The normalized spacial score (nSPS) is 25.6. The van der Waals surface area contributed by atoms with Gasteiger partial charge in [0.2, 0.25) is 0 Å². The van der Waals surface area contributed by atoms with Crippen LogP contribution in [0.15, 0.2) is 24.3 Å². The first-order valence-corrected chi connectivity index (χ1v) is 10.4. The number of fused-ring (bicyclic) bond motifs is 1. The van der Waals surface area contributed by atoms with E-state index in [0.29, 0.717) is 19.1 Å². The lowest BCUT2D eigenvalue weighted by Crippen LogP contribution is -2.52. The third-order valence-electron chi connectivity index (χ3n) is 5.77. The lowest BCUT2D eigenvalue weighted by atomic mass is 9.82. The minimum Gasteiger partial charge on any atom is -0.497 e. The summed E-state index contributed by atoms with van der Waals surface area (Å²) in [5, 5.41) is 8.70. The van der Waals surface area contributed by atoms with E-state index in [4.69, 9.17) is 24.2 Å². The van der Waals surface area contributed by atoms with Crippen LogP contribution < -0.4 is 4.74 Å². The molecule has 4 rings (SSSR count). The number of piperidine rings is 1. The third-order valence-corrected chi connectivity index (χ3v) is 5.77. The van der Waals surface area contributed by atoms with E-state index >= 15 is 0 Å². The van der Waals surface area contributed by atoms with Crippen molar-refractivity contribution in [2.75, 3.05) is 40.0 Å². The number of hydrogen-bond donors (Lipinski definition) is 1.